The van der Waals surface area contributed by atoms with Gasteiger partial charge in [0.1, 0.15) is 47.0 Å². The molecule has 0 amide bonds. The van der Waals surface area contributed by atoms with Crippen LogP contribution in [0.3, 0.4) is 0 Å². The number of halogens is 1. The maximum absolute atomic E-state index is 14.7. The quantitative estimate of drug-likeness (QED) is 0.278. The highest BCUT2D eigenvalue weighted by Crippen LogP contribution is 2.32. The Morgan fingerprint density at radius 2 is 1.95 bits per heavy atom. The number of methoxy groups -OCH3 is 1. The number of rotatable bonds is 12. The van der Waals surface area contributed by atoms with Crippen molar-refractivity contribution >= 4 is 22.7 Å². The minimum absolute atomic E-state index is 0.0200. The molecule has 0 aliphatic heterocycles. The number of carbonyl (C=O) groups is 1. The molecular formula is C27H26FN5O5. The summed E-state index contributed by atoms with van der Waals surface area (Å²) >= 11 is 0. The lowest BCUT2D eigenvalue weighted by Crippen LogP contribution is -2.13. The van der Waals surface area contributed by atoms with E-state index in [2.05, 4.69) is 21.4 Å². The zero-order valence-corrected chi connectivity index (χ0v) is 20.9. The predicted octanol–water partition coefficient (Wildman–Crippen LogP) is 4.48. The van der Waals surface area contributed by atoms with E-state index in [9.17, 15) is 14.4 Å². The molecule has 0 fully saturated rings. The number of carboxylic acids is 1. The summed E-state index contributed by atoms with van der Waals surface area (Å²) < 4.78 is 32.8. The summed E-state index contributed by atoms with van der Waals surface area (Å²) in [6, 6.07) is 13.6. The summed E-state index contributed by atoms with van der Waals surface area (Å²) in [7, 11) is 1.50. The molecule has 0 aliphatic carbocycles. The van der Waals surface area contributed by atoms with E-state index >= 15 is 0 Å². The van der Waals surface area contributed by atoms with Gasteiger partial charge in [0.05, 0.1) is 38.0 Å². The zero-order valence-electron chi connectivity index (χ0n) is 20.9. The van der Waals surface area contributed by atoms with Crippen molar-refractivity contribution in [3.05, 3.63) is 60.3 Å². The number of nitrogens with one attached hydrogen (secondary N) is 1. The normalized spacial score (nSPS) is 10.7. The number of nitrogens with zero attached hydrogens (tertiary/aromatic N) is 4. The molecule has 2 aromatic heterocycles. The summed E-state index contributed by atoms with van der Waals surface area (Å²) in [5.41, 5.74) is 1.90. The van der Waals surface area contributed by atoms with Crippen molar-refractivity contribution in [3.63, 3.8) is 0 Å². The minimum atomic E-state index is -0.950. The van der Waals surface area contributed by atoms with Crippen LogP contribution in [0.4, 0.5) is 10.2 Å². The minimum Gasteiger partial charge on any atom is -0.496 e. The third-order valence-corrected chi connectivity index (χ3v) is 5.68. The van der Waals surface area contributed by atoms with Gasteiger partial charge in [-0.25, -0.2) is 14.4 Å². The lowest BCUT2D eigenvalue weighted by molar-refractivity contribution is -0.137. The summed E-state index contributed by atoms with van der Waals surface area (Å²) in [5, 5.41) is 22.2. The van der Waals surface area contributed by atoms with Gasteiger partial charge in [0.25, 0.3) is 0 Å². The molecule has 0 radical (unpaired) electrons. The second-order valence-electron chi connectivity index (χ2n) is 8.14. The molecule has 38 heavy (non-hydrogen) atoms. The van der Waals surface area contributed by atoms with E-state index in [1.165, 1.54) is 25.6 Å². The molecule has 0 saturated heterocycles. The van der Waals surface area contributed by atoms with Crippen LogP contribution in [0.2, 0.25) is 0 Å². The topological polar surface area (TPSA) is 132 Å². The number of aliphatic carboxylic acids is 1. The van der Waals surface area contributed by atoms with E-state index in [-0.39, 0.29) is 13.0 Å². The molecule has 0 saturated carbocycles. The monoisotopic (exact) mass is 519 g/mol. The molecule has 2 heterocycles. The highest BCUT2D eigenvalue weighted by molar-refractivity contribution is 5.88. The van der Waals surface area contributed by atoms with Crippen molar-refractivity contribution in [3.8, 4) is 34.6 Å². The molecule has 10 nitrogen and oxygen atoms in total. The number of anilines is 1. The molecule has 11 heteroatoms. The number of hydrogen-bond acceptors (Lipinski definition) is 8. The van der Waals surface area contributed by atoms with Gasteiger partial charge in [-0.15, -0.1) is 0 Å². The van der Waals surface area contributed by atoms with Crippen molar-refractivity contribution in [2.75, 3.05) is 32.2 Å². The molecule has 4 rings (SSSR count). The van der Waals surface area contributed by atoms with Gasteiger partial charge in [-0.3, -0.25) is 4.79 Å². The SMILES string of the molecule is CCOc1cc(OCCC(=O)O)cc(-c2cc(NCCn3c(C#N)cc4c(OC)ccc(F)c43)ncn2)c1. The van der Waals surface area contributed by atoms with Gasteiger partial charge in [-0.2, -0.15) is 5.26 Å². The van der Waals surface area contributed by atoms with Crippen molar-refractivity contribution in [1.29, 1.82) is 5.26 Å². The molecule has 0 aliphatic rings. The lowest BCUT2D eigenvalue weighted by Gasteiger charge is -2.13. The number of hydrogen-bond donors (Lipinski definition) is 2. The molecule has 0 unspecified atom stereocenters. The smallest absolute Gasteiger partial charge is 0.306 e. The molecule has 0 bridgehead atoms. The van der Waals surface area contributed by atoms with E-state index in [4.69, 9.17) is 19.3 Å². The van der Waals surface area contributed by atoms with Crippen LogP contribution < -0.4 is 19.5 Å². The Hall–Kier alpha value is -4.85. The molecule has 0 atom stereocenters. The highest BCUT2D eigenvalue weighted by Gasteiger charge is 2.16. The Morgan fingerprint density at radius 1 is 1.16 bits per heavy atom. The maximum atomic E-state index is 14.7. The van der Waals surface area contributed by atoms with Gasteiger partial charge < -0.3 is 29.2 Å². The highest BCUT2D eigenvalue weighted by atomic mass is 19.1. The van der Waals surface area contributed by atoms with Crippen LogP contribution in [-0.2, 0) is 11.3 Å². The maximum Gasteiger partial charge on any atom is 0.306 e. The summed E-state index contributed by atoms with van der Waals surface area (Å²) in [4.78, 5) is 19.4. The van der Waals surface area contributed by atoms with Crippen LogP contribution in [0.5, 0.6) is 17.2 Å². The third kappa shape index (κ3) is 5.92. The van der Waals surface area contributed by atoms with Crippen LogP contribution in [0.25, 0.3) is 22.2 Å². The Kier molecular flexibility index (Phi) is 8.23. The van der Waals surface area contributed by atoms with Gasteiger partial charge in [0.15, 0.2) is 0 Å². The van der Waals surface area contributed by atoms with Gasteiger partial charge in [-0.1, -0.05) is 0 Å². The predicted molar refractivity (Wildman–Crippen MR) is 138 cm³/mol. The van der Waals surface area contributed by atoms with Crippen LogP contribution >= 0.6 is 0 Å². The van der Waals surface area contributed by atoms with E-state index in [1.54, 1.807) is 34.9 Å². The van der Waals surface area contributed by atoms with Crippen LogP contribution in [0.1, 0.15) is 19.0 Å². The van der Waals surface area contributed by atoms with Crippen LogP contribution in [0.15, 0.2) is 48.8 Å². The van der Waals surface area contributed by atoms with Crippen LogP contribution in [-0.4, -0.2) is 52.5 Å². The summed E-state index contributed by atoms with van der Waals surface area (Å²) in [5.74, 6) is 0.645. The van der Waals surface area contributed by atoms with E-state index in [0.29, 0.717) is 70.6 Å². The Morgan fingerprint density at radius 3 is 2.66 bits per heavy atom. The summed E-state index contributed by atoms with van der Waals surface area (Å²) in [6.45, 7) is 2.98. The van der Waals surface area contributed by atoms with Crippen molar-refractivity contribution < 1.29 is 28.5 Å². The first kappa shape index (κ1) is 26.2. The number of benzene rings is 2. The lowest BCUT2D eigenvalue weighted by atomic mass is 10.1. The third-order valence-electron chi connectivity index (χ3n) is 5.68. The number of aromatic nitrogens is 3. The van der Waals surface area contributed by atoms with Crippen molar-refractivity contribution in [2.24, 2.45) is 0 Å². The molecule has 0 spiro atoms. The van der Waals surface area contributed by atoms with Gasteiger partial charge in [-0.05, 0) is 37.3 Å². The Labute approximate surface area is 218 Å². The average Bonchev–Trinajstić information content (AvgIpc) is 3.28. The molecule has 2 N–H and O–H groups in total. The molecule has 4 aromatic rings. The first-order chi connectivity index (χ1) is 18.4. The zero-order chi connectivity index (χ0) is 27.1. The molecule has 196 valence electrons. The Balaban J connectivity index is 1.53. The second kappa shape index (κ2) is 11.9. The summed E-state index contributed by atoms with van der Waals surface area (Å²) in [6.07, 6.45) is 1.28. The largest absolute Gasteiger partial charge is 0.496 e. The van der Waals surface area contributed by atoms with Gasteiger partial charge >= 0.3 is 5.97 Å². The number of ether oxygens (including phenoxy) is 3. The second-order valence-corrected chi connectivity index (χ2v) is 8.14. The fourth-order valence-corrected chi connectivity index (χ4v) is 4.03. The van der Waals surface area contributed by atoms with E-state index < -0.39 is 11.8 Å². The standard InChI is InChI=1S/C27H26FN5O5/c1-3-37-19-10-17(11-20(13-19)38-9-6-26(34)35)23-14-25(32-16-31-23)30-7-8-33-18(15-29)12-21-24(36-2)5-4-22(28)27(21)33/h4-5,10-14,16H,3,6-9H2,1-2H3,(H,34,35)(H,30,31,32). The Bertz CT molecular complexity index is 1500. The average molecular weight is 520 g/mol. The molecule has 2 aromatic carbocycles. The van der Waals surface area contributed by atoms with E-state index in [1.807, 2.05) is 6.92 Å². The van der Waals surface area contributed by atoms with E-state index in [0.717, 1.165) is 0 Å². The van der Waals surface area contributed by atoms with Crippen molar-refractivity contribution in [2.45, 2.75) is 19.9 Å². The first-order valence-electron chi connectivity index (χ1n) is 11.9. The first-order valence-corrected chi connectivity index (χ1v) is 11.9. The fourth-order valence-electron chi connectivity index (χ4n) is 4.03. The fraction of sp³-hybridized carbons (Fsp3) is 0.259. The number of fused-ring (bicyclic) bond motifs is 1. The van der Waals surface area contributed by atoms with Crippen LogP contribution in [0, 0.1) is 17.1 Å². The van der Waals surface area contributed by atoms with Crippen molar-refractivity contribution in [1.82, 2.24) is 14.5 Å². The van der Waals surface area contributed by atoms with Gasteiger partial charge in [0, 0.05) is 36.2 Å². The van der Waals surface area contributed by atoms with Gasteiger partial charge in [0.2, 0.25) is 0 Å². The number of nitriles is 1. The molecular weight excluding hydrogens is 493 g/mol. The number of carboxylic acid groups (broad SMARTS) is 1.